The first-order valence-corrected chi connectivity index (χ1v) is 5.62. The fourth-order valence-electron chi connectivity index (χ4n) is 1.25. The second kappa shape index (κ2) is 5.49. The van der Waals surface area contributed by atoms with Gasteiger partial charge in [0.2, 0.25) is 11.7 Å². The number of hydrogen-bond donors (Lipinski definition) is 1. The molecular formula is C11H15N5O. The lowest BCUT2D eigenvalue weighted by molar-refractivity contribution is 0.358. The molecule has 0 radical (unpaired) electrons. The van der Waals surface area contributed by atoms with Crippen molar-refractivity contribution in [3.05, 3.63) is 24.5 Å². The van der Waals surface area contributed by atoms with Crippen molar-refractivity contribution in [3.63, 3.8) is 0 Å². The summed E-state index contributed by atoms with van der Waals surface area (Å²) < 4.78 is 5.12. The van der Waals surface area contributed by atoms with Crippen LogP contribution in [0.5, 0.6) is 0 Å². The van der Waals surface area contributed by atoms with Gasteiger partial charge in [-0.05, 0) is 13.3 Å². The van der Waals surface area contributed by atoms with Crippen LogP contribution in [0.3, 0.4) is 0 Å². The highest BCUT2D eigenvalue weighted by molar-refractivity contribution is 5.45. The molecule has 1 atom stereocenters. The summed E-state index contributed by atoms with van der Waals surface area (Å²) >= 11 is 0. The van der Waals surface area contributed by atoms with E-state index in [4.69, 9.17) is 4.52 Å². The quantitative estimate of drug-likeness (QED) is 0.841. The van der Waals surface area contributed by atoms with Crippen LogP contribution in [0, 0.1) is 0 Å². The molecule has 0 spiro atoms. The second-order valence-corrected chi connectivity index (χ2v) is 3.79. The molecule has 0 fully saturated rings. The van der Waals surface area contributed by atoms with Crippen molar-refractivity contribution in [2.45, 2.75) is 32.9 Å². The van der Waals surface area contributed by atoms with Gasteiger partial charge in [-0.15, -0.1) is 0 Å². The predicted molar refractivity (Wildman–Crippen MR) is 61.9 cm³/mol. The maximum absolute atomic E-state index is 5.12. The Morgan fingerprint density at radius 1 is 1.41 bits per heavy atom. The Labute approximate surface area is 99.5 Å². The number of nitrogens with zero attached hydrogens (tertiary/aromatic N) is 4. The van der Waals surface area contributed by atoms with Crippen molar-refractivity contribution in [1.29, 1.82) is 0 Å². The number of rotatable bonds is 5. The number of nitrogens with one attached hydrogen (secondary N) is 1. The Morgan fingerprint density at radius 2 is 2.29 bits per heavy atom. The summed E-state index contributed by atoms with van der Waals surface area (Å²) in [6.07, 6.45) is 5.87. The Morgan fingerprint density at radius 3 is 3.00 bits per heavy atom. The minimum Gasteiger partial charge on any atom is -0.337 e. The summed E-state index contributed by atoms with van der Waals surface area (Å²) in [4.78, 5) is 12.3. The van der Waals surface area contributed by atoms with Crippen molar-refractivity contribution in [1.82, 2.24) is 25.4 Å². The van der Waals surface area contributed by atoms with E-state index < -0.39 is 0 Å². The molecule has 6 heteroatoms. The van der Waals surface area contributed by atoms with E-state index in [0.717, 1.165) is 6.42 Å². The SMILES string of the molecule is CCC(C)NCc1nc(-c2cnccn2)no1. The molecule has 0 aliphatic rings. The standard InChI is InChI=1S/C11H15N5O/c1-3-8(2)14-7-10-15-11(16-17-10)9-6-12-4-5-13-9/h4-6,8,14H,3,7H2,1-2H3. The molecular weight excluding hydrogens is 218 g/mol. The lowest BCUT2D eigenvalue weighted by Crippen LogP contribution is -2.24. The average Bonchev–Trinajstić information content (AvgIpc) is 2.86. The molecule has 17 heavy (non-hydrogen) atoms. The van der Waals surface area contributed by atoms with Crippen LogP contribution in [0.1, 0.15) is 26.2 Å². The lowest BCUT2D eigenvalue weighted by atomic mass is 10.3. The van der Waals surface area contributed by atoms with E-state index in [2.05, 4.69) is 39.3 Å². The highest BCUT2D eigenvalue weighted by Crippen LogP contribution is 2.10. The third-order valence-electron chi connectivity index (χ3n) is 2.47. The van der Waals surface area contributed by atoms with Gasteiger partial charge < -0.3 is 9.84 Å². The van der Waals surface area contributed by atoms with E-state index in [9.17, 15) is 0 Å². The van der Waals surface area contributed by atoms with Gasteiger partial charge in [0.1, 0.15) is 5.69 Å². The fourth-order valence-corrected chi connectivity index (χ4v) is 1.25. The van der Waals surface area contributed by atoms with Gasteiger partial charge >= 0.3 is 0 Å². The third kappa shape index (κ3) is 3.07. The molecule has 0 bridgehead atoms. The van der Waals surface area contributed by atoms with Crippen molar-refractivity contribution in [2.75, 3.05) is 0 Å². The van der Waals surface area contributed by atoms with Gasteiger partial charge in [0.15, 0.2) is 0 Å². The molecule has 0 amide bonds. The van der Waals surface area contributed by atoms with Gasteiger partial charge in [0.05, 0.1) is 12.7 Å². The zero-order chi connectivity index (χ0) is 12.1. The maximum atomic E-state index is 5.12. The fraction of sp³-hybridized carbons (Fsp3) is 0.455. The molecule has 2 heterocycles. The largest absolute Gasteiger partial charge is 0.337 e. The minimum absolute atomic E-state index is 0.432. The first kappa shape index (κ1) is 11.7. The van der Waals surface area contributed by atoms with Crippen LogP contribution in [-0.2, 0) is 6.54 Å². The molecule has 0 saturated carbocycles. The van der Waals surface area contributed by atoms with Gasteiger partial charge in [-0.2, -0.15) is 4.98 Å². The molecule has 2 aromatic heterocycles. The topological polar surface area (TPSA) is 76.7 Å². The van der Waals surface area contributed by atoms with E-state index >= 15 is 0 Å². The van der Waals surface area contributed by atoms with Gasteiger partial charge in [0, 0.05) is 18.4 Å². The van der Waals surface area contributed by atoms with Gasteiger partial charge in [-0.1, -0.05) is 12.1 Å². The first-order valence-electron chi connectivity index (χ1n) is 5.62. The van der Waals surface area contributed by atoms with Gasteiger partial charge in [0.25, 0.3) is 0 Å². The minimum atomic E-state index is 0.432. The Balaban J connectivity index is 2.01. The molecule has 0 aliphatic carbocycles. The van der Waals surface area contributed by atoms with E-state index in [1.54, 1.807) is 18.6 Å². The molecule has 1 unspecified atom stereocenters. The van der Waals surface area contributed by atoms with Crippen molar-refractivity contribution >= 4 is 0 Å². The first-order chi connectivity index (χ1) is 8.29. The van der Waals surface area contributed by atoms with Crippen LogP contribution in [0.15, 0.2) is 23.1 Å². The monoisotopic (exact) mass is 233 g/mol. The molecule has 1 N–H and O–H groups in total. The van der Waals surface area contributed by atoms with E-state index in [-0.39, 0.29) is 0 Å². The van der Waals surface area contributed by atoms with Crippen LogP contribution in [-0.4, -0.2) is 26.2 Å². The Hall–Kier alpha value is -1.82. The highest BCUT2D eigenvalue weighted by Gasteiger charge is 2.09. The third-order valence-corrected chi connectivity index (χ3v) is 2.47. The zero-order valence-electron chi connectivity index (χ0n) is 9.92. The van der Waals surface area contributed by atoms with Crippen LogP contribution in [0.25, 0.3) is 11.5 Å². The summed E-state index contributed by atoms with van der Waals surface area (Å²) in [6, 6.07) is 0.432. The number of hydrogen-bond acceptors (Lipinski definition) is 6. The lowest BCUT2D eigenvalue weighted by Gasteiger charge is -2.07. The predicted octanol–water partition coefficient (Wildman–Crippen LogP) is 1.41. The van der Waals surface area contributed by atoms with Crippen molar-refractivity contribution < 1.29 is 4.52 Å². The smallest absolute Gasteiger partial charge is 0.240 e. The number of aromatic nitrogens is 4. The van der Waals surface area contributed by atoms with Crippen molar-refractivity contribution in [3.8, 4) is 11.5 Å². The summed E-state index contributed by atoms with van der Waals surface area (Å²) in [6.45, 7) is 4.80. The Bertz CT molecular complexity index is 456. The molecule has 90 valence electrons. The van der Waals surface area contributed by atoms with Gasteiger partial charge in [-0.25, -0.2) is 4.98 Å². The summed E-state index contributed by atoms with van der Waals surface area (Å²) in [7, 11) is 0. The van der Waals surface area contributed by atoms with E-state index in [0.29, 0.717) is 30.0 Å². The normalized spacial score (nSPS) is 12.6. The van der Waals surface area contributed by atoms with Crippen LogP contribution < -0.4 is 5.32 Å². The molecule has 2 rings (SSSR count). The maximum Gasteiger partial charge on any atom is 0.240 e. The van der Waals surface area contributed by atoms with Crippen LogP contribution in [0.2, 0.25) is 0 Å². The molecule has 2 aromatic rings. The average molecular weight is 233 g/mol. The Kier molecular flexibility index (Phi) is 3.77. The van der Waals surface area contributed by atoms with Crippen LogP contribution >= 0.6 is 0 Å². The van der Waals surface area contributed by atoms with E-state index in [1.807, 2.05) is 0 Å². The van der Waals surface area contributed by atoms with Crippen LogP contribution in [0.4, 0.5) is 0 Å². The summed E-state index contributed by atoms with van der Waals surface area (Å²) in [5, 5.41) is 7.14. The highest BCUT2D eigenvalue weighted by atomic mass is 16.5. The summed E-state index contributed by atoms with van der Waals surface area (Å²) in [5.74, 6) is 1.03. The molecule has 0 saturated heterocycles. The molecule has 0 aromatic carbocycles. The van der Waals surface area contributed by atoms with E-state index in [1.165, 1.54) is 0 Å². The second-order valence-electron chi connectivity index (χ2n) is 3.79. The van der Waals surface area contributed by atoms with Crippen molar-refractivity contribution in [2.24, 2.45) is 0 Å². The van der Waals surface area contributed by atoms with Gasteiger partial charge in [-0.3, -0.25) is 4.98 Å². The zero-order valence-corrected chi connectivity index (χ0v) is 9.92. The molecule has 0 aliphatic heterocycles. The molecule has 6 nitrogen and oxygen atoms in total. The summed E-state index contributed by atoms with van der Waals surface area (Å²) in [5.41, 5.74) is 0.617.